The van der Waals surface area contributed by atoms with Gasteiger partial charge < -0.3 is 9.30 Å². The summed E-state index contributed by atoms with van der Waals surface area (Å²) >= 11 is 0. The summed E-state index contributed by atoms with van der Waals surface area (Å²) < 4.78 is 34.2. The molecule has 0 saturated carbocycles. The first-order valence-electron chi connectivity index (χ1n) is 7.04. The lowest BCUT2D eigenvalue weighted by atomic mass is 10.2. The second kappa shape index (κ2) is 5.88. The summed E-state index contributed by atoms with van der Waals surface area (Å²) in [4.78, 5) is 14.2. The summed E-state index contributed by atoms with van der Waals surface area (Å²) in [5.41, 5.74) is -0.0639. The van der Waals surface area contributed by atoms with Gasteiger partial charge in [0.1, 0.15) is 11.6 Å². The van der Waals surface area contributed by atoms with Crippen LogP contribution in [0.2, 0.25) is 0 Å². The maximum Gasteiger partial charge on any atom is 0.335 e. The molecule has 0 bridgehead atoms. The third kappa shape index (κ3) is 2.55. The molecule has 3 rings (SSSR count). The number of aryl methyl sites for hydroxylation is 1. The highest BCUT2D eigenvalue weighted by atomic mass is 19.2. The lowest BCUT2D eigenvalue weighted by Gasteiger charge is -2.08. The standard InChI is InChI=1S/C16H13F2N3O3/c1-9-19-15-13(7-12(17)14(18)16(15)21(22)23)20(9)8-10-3-5-11(24-2)6-4-10/h3-7H,8H2,1-2H3. The van der Waals surface area contributed by atoms with E-state index in [-0.39, 0.29) is 11.0 Å². The van der Waals surface area contributed by atoms with Crippen LogP contribution in [0.25, 0.3) is 11.0 Å². The van der Waals surface area contributed by atoms with Crippen molar-refractivity contribution in [2.75, 3.05) is 7.11 Å². The number of imidazole rings is 1. The number of rotatable bonds is 4. The Hall–Kier alpha value is -3.03. The molecular weight excluding hydrogens is 320 g/mol. The molecule has 1 aromatic heterocycles. The van der Waals surface area contributed by atoms with Crippen molar-refractivity contribution in [3.05, 3.63) is 63.5 Å². The van der Waals surface area contributed by atoms with E-state index in [1.54, 1.807) is 30.7 Å². The van der Waals surface area contributed by atoms with Crippen molar-refractivity contribution in [3.63, 3.8) is 0 Å². The van der Waals surface area contributed by atoms with Crippen LogP contribution < -0.4 is 4.74 Å². The average molecular weight is 333 g/mol. The van der Waals surface area contributed by atoms with Gasteiger partial charge in [-0.3, -0.25) is 10.1 Å². The van der Waals surface area contributed by atoms with Crippen molar-refractivity contribution in [2.45, 2.75) is 13.5 Å². The van der Waals surface area contributed by atoms with Crippen LogP contribution in [0, 0.1) is 28.7 Å². The van der Waals surface area contributed by atoms with Gasteiger partial charge in [-0.15, -0.1) is 0 Å². The van der Waals surface area contributed by atoms with E-state index >= 15 is 0 Å². The minimum atomic E-state index is -1.50. The molecule has 8 heteroatoms. The highest BCUT2D eigenvalue weighted by Crippen LogP contribution is 2.31. The van der Waals surface area contributed by atoms with Gasteiger partial charge in [-0.1, -0.05) is 12.1 Å². The number of nitro benzene ring substituents is 1. The molecule has 6 nitrogen and oxygen atoms in total. The molecule has 1 heterocycles. The summed E-state index contributed by atoms with van der Waals surface area (Å²) in [6.45, 7) is 1.94. The van der Waals surface area contributed by atoms with Gasteiger partial charge >= 0.3 is 5.69 Å². The van der Waals surface area contributed by atoms with Crippen LogP contribution in [0.1, 0.15) is 11.4 Å². The van der Waals surface area contributed by atoms with Gasteiger partial charge in [0.15, 0.2) is 11.3 Å². The molecular formula is C16H13F2N3O3. The number of fused-ring (bicyclic) bond motifs is 1. The fourth-order valence-corrected chi connectivity index (χ4v) is 2.58. The van der Waals surface area contributed by atoms with Gasteiger partial charge in [-0.25, -0.2) is 9.37 Å². The van der Waals surface area contributed by atoms with E-state index < -0.39 is 22.2 Å². The second-order valence-corrected chi connectivity index (χ2v) is 5.24. The van der Waals surface area contributed by atoms with Crippen LogP contribution >= 0.6 is 0 Å². The van der Waals surface area contributed by atoms with E-state index in [4.69, 9.17) is 4.74 Å². The molecule has 0 aliphatic heterocycles. The summed E-state index contributed by atoms with van der Waals surface area (Å²) in [5.74, 6) is -1.66. The van der Waals surface area contributed by atoms with Crippen molar-refractivity contribution in [3.8, 4) is 5.75 Å². The minimum absolute atomic E-state index is 0.162. The zero-order valence-corrected chi connectivity index (χ0v) is 12.9. The van der Waals surface area contributed by atoms with Crippen molar-refractivity contribution < 1.29 is 18.4 Å². The molecule has 124 valence electrons. The monoisotopic (exact) mass is 333 g/mol. The van der Waals surface area contributed by atoms with Gasteiger partial charge in [-0.2, -0.15) is 4.39 Å². The van der Waals surface area contributed by atoms with Crippen LogP contribution in [0.4, 0.5) is 14.5 Å². The van der Waals surface area contributed by atoms with E-state index in [1.807, 2.05) is 12.1 Å². The minimum Gasteiger partial charge on any atom is -0.497 e. The smallest absolute Gasteiger partial charge is 0.335 e. The predicted molar refractivity (Wildman–Crippen MR) is 83.1 cm³/mol. The van der Waals surface area contributed by atoms with Crippen LogP contribution in [-0.4, -0.2) is 21.6 Å². The molecule has 0 N–H and O–H groups in total. The molecule has 0 fully saturated rings. The molecule has 0 aliphatic carbocycles. The maximum atomic E-state index is 13.8. The molecule has 0 aliphatic rings. The molecule has 0 spiro atoms. The molecule has 2 aromatic carbocycles. The Kier molecular flexibility index (Phi) is 3.88. The summed E-state index contributed by atoms with van der Waals surface area (Å²) in [6, 6.07) is 8.11. The van der Waals surface area contributed by atoms with E-state index in [0.717, 1.165) is 11.6 Å². The number of halogens is 2. The third-order valence-electron chi connectivity index (χ3n) is 3.79. The van der Waals surface area contributed by atoms with Crippen molar-refractivity contribution >= 4 is 16.7 Å². The largest absolute Gasteiger partial charge is 0.497 e. The van der Waals surface area contributed by atoms with Crippen molar-refractivity contribution in [1.29, 1.82) is 0 Å². The number of nitro groups is 1. The molecule has 0 amide bonds. The van der Waals surface area contributed by atoms with Gasteiger partial charge in [0, 0.05) is 12.6 Å². The Labute approximate surface area is 135 Å². The zero-order valence-electron chi connectivity index (χ0n) is 12.9. The predicted octanol–water partition coefficient (Wildman–Crippen LogP) is 3.59. The number of methoxy groups -OCH3 is 1. The Morgan fingerprint density at radius 1 is 1.29 bits per heavy atom. The number of hydrogen-bond donors (Lipinski definition) is 0. The Balaban J connectivity index is 2.14. The Bertz CT molecular complexity index is 936. The molecule has 0 saturated heterocycles. The van der Waals surface area contributed by atoms with Crippen molar-refractivity contribution in [1.82, 2.24) is 9.55 Å². The van der Waals surface area contributed by atoms with Gasteiger partial charge in [-0.05, 0) is 24.6 Å². The van der Waals surface area contributed by atoms with E-state index in [0.29, 0.717) is 18.1 Å². The summed E-state index contributed by atoms with van der Waals surface area (Å²) in [5, 5.41) is 11.1. The highest BCUT2D eigenvalue weighted by molar-refractivity contribution is 5.86. The quantitative estimate of drug-likeness (QED) is 0.540. The van der Waals surface area contributed by atoms with Crippen LogP contribution in [0.3, 0.4) is 0 Å². The number of nitrogens with zero attached hydrogens (tertiary/aromatic N) is 3. The summed E-state index contributed by atoms with van der Waals surface area (Å²) in [6.07, 6.45) is 0. The van der Waals surface area contributed by atoms with Crippen LogP contribution in [-0.2, 0) is 6.54 Å². The lowest BCUT2D eigenvalue weighted by Crippen LogP contribution is -2.03. The number of hydrogen-bond acceptors (Lipinski definition) is 4. The molecule has 24 heavy (non-hydrogen) atoms. The maximum absolute atomic E-state index is 13.8. The molecule has 3 aromatic rings. The van der Waals surface area contributed by atoms with Gasteiger partial charge in [0.05, 0.1) is 17.5 Å². The number of ether oxygens (including phenoxy) is 1. The third-order valence-corrected chi connectivity index (χ3v) is 3.79. The Morgan fingerprint density at radius 3 is 2.54 bits per heavy atom. The number of benzene rings is 2. The zero-order chi connectivity index (χ0) is 17.4. The van der Waals surface area contributed by atoms with E-state index in [9.17, 15) is 18.9 Å². The van der Waals surface area contributed by atoms with Gasteiger partial charge in [0.25, 0.3) is 0 Å². The lowest BCUT2D eigenvalue weighted by molar-refractivity contribution is -0.386. The highest BCUT2D eigenvalue weighted by Gasteiger charge is 2.27. The number of aromatic nitrogens is 2. The van der Waals surface area contributed by atoms with E-state index in [1.165, 1.54) is 0 Å². The summed E-state index contributed by atoms with van der Waals surface area (Å²) in [7, 11) is 1.55. The van der Waals surface area contributed by atoms with Gasteiger partial charge in [0.2, 0.25) is 5.82 Å². The van der Waals surface area contributed by atoms with Crippen LogP contribution in [0.15, 0.2) is 30.3 Å². The second-order valence-electron chi connectivity index (χ2n) is 5.24. The molecule has 0 atom stereocenters. The first-order valence-corrected chi connectivity index (χ1v) is 7.04. The van der Waals surface area contributed by atoms with Crippen molar-refractivity contribution in [2.24, 2.45) is 0 Å². The molecule has 0 radical (unpaired) electrons. The topological polar surface area (TPSA) is 70.2 Å². The Morgan fingerprint density at radius 2 is 1.96 bits per heavy atom. The molecule has 0 unspecified atom stereocenters. The first kappa shape index (κ1) is 15.9. The SMILES string of the molecule is COc1ccc(Cn2c(C)nc3c([N+](=O)[O-])c(F)c(F)cc32)cc1. The van der Waals surface area contributed by atoms with E-state index in [2.05, 4.69) is 4.98 Å². The fourth-order valence-electron chi connectivity index (χ4n) is 2.58. The fraction of sp³-hybridized carbons (Fsp3) is 0.188. The first-order chi connectivity index (χ1) is 11.4. The normalized spacial score (nSPS) is 11.0. The average Bonchev–Trinajstić information content (AvgIpc) is 2.84. The van der Waals surface area contributed by atoms with Crippen LogP contribution in [0.5, 0.6) is 5.75 Å².